The number of nitrogens with zero attached hydrogens (tertiary/aromatic N) is 2. The van der Waals surface area contributed by atoms with Crippen LogP contribution in [0, 0.1) is 11.7 Å². The highest BCUT2D eigenvalue weighted by Crippen LogP contribution is 2.17. The van der Waals surface area contributed by atoms with Crippen molar-refractivity contribution in [1.29, 1.82) is 0 Å². The molecule has 0 atom stereocenters. The summed E-state index contributed by atoms with van der Waals surface area (Å²) in [7, 11) is 0. The van der Waals surface area contributed by atoms with E-state index in [-0.39, 0.29) is 5.56 Å². The molecule has 3 rings (SSSR count). The van der Waals surface area contributed by atoms with Crippen LogP contribution in [0.4, 0.5) is 0 Å². The standard InChI is InChI=1S/C12H14N4OS2/c1-7-6-19-10(13-7)5-16-3-2-9-8(4-16)11(17)15-12(18)14-9/h6H,2-5H2,1H3,(H2,14,15,17,18). The van der Waals surface area contributed by atoms with Crippen molar-refractivity contribution in [2.24, 2.45) is 0 Å². The number of nitrogens with one attached hydrogen (secondary N) is 2. The van der Waals surface area contributed by atoms with Gasteiger partial charge in [-0.3, -0.25) is 14.7 Å². The Morgan fingerprint density at radius 2 is 2.37 bits per heavy atom. The van der Waals surface area contributed by atoms with Crippen LogP contribution in [-0.2, 0) is 19.5 Å². The molecule has 100 valence electrons. The van der Waals surface area contributed by atoms with E-state index in [1.807, 2.05) is 6.92 Å². The molecule has 0 radical (unpaired) electrons. The molecular weight excluding hydrogens is 280 g/mol. The molecule has 1 aliphatic heterocycles. The van der Waals surface area contributed by atoms with Crippen molar-refractivity contribution in [2.75, 3.05) is 6.54 Å². The Kier molecular flexibility index (Phi) is 3.34. The van der Waals surface area contributed by atoms with Crippen molar-refractivity contribution in [2.45, 2.75) is 26.4 Å². The average Bonchev–Trinajstić information content (AvgIpc) is 2.75. The average molecular weight is 294 g/mol. The van der Waals surface area contributed by atoms with Gasteiger partial charge in [0.1, 0.15) is 5.01 Å². The second-order valence-corrected chi connectivity index (χ2v) is 6.06. The first kappa shape index (κ1) is 12.7. The van der Waals surface area contributed by atoms with Crippen molar-refractivity contribution in [1.82, 2.24) is 19.9 Å². The molecule has 2 N–H and O–H groups in total. The maximum absolute atomic E-state index is 11.9. The van der Waals surface area contributed by atoms with Crippen molar-refractivity contribution < 1.29 is 0 Å². The zero-order valence-corrected chi connectivity index (χ0v) is 12.2. The van der Waals surface area contributed by atoms with Gasteiger partial charge in [-0.05, 0) is 19.1 Å². The van der Waals surface area contributed by atoms with E-state index in [4.69, 9.17) is 12.2 Å². The van der Waals surface area contributed by atoms with E-state index in [2.05, 4.69) is 25.2 Å². The van der Waals surface area contributed by atoms with Crippen molar-refractivity contribution in [3.8, 4) is 0 Å². The molecule has 0 amide bonds. The van der Waals surface area contributed by atoms with E-state index < -0.39 is 0 Å². The summed E-state index contributed by atoms with van der Waals surface area (Å²) in [6, 6.07) is 0. The molecule has 0 aliphatic carbocycles. The summed E-state index contributed by atoms with van der Waals surface area (Å²) < 4.78 is 0.410. The second-order valence-electron chi connectivity index (χ2n) is 4.71. The lowest BCUT2D eigenvalue weighted by molar-refractivity contribution is 0.241. The summed E-state index contributed by atoms with van der Waals surface area (Å²) in [5.41, 5.74) is 2.76. The van der Waals surface area contributed by atoms with Crippen LogP contribution in [0.5, 0.6) is 0 Å². The third-order valence-electron chi connectivity index (χ3n) is 3.22. The fraction of sp³-hybridized carbons (Fsp3) is 0.417. The third-order valence-corrected chi connectivity index (χ3v) is 4.37. The van der Waals surface area contributed by atoms with E-state index in [9.17, 15) is 4.79 Å². The second kappa shape index (κ2) is 4.99. The zero-order chi connectivity index (χ0) is 13.4. The number of aromatic amines is 2. The number of hydrogen-bond acceptors (Lipinski definition) is 5. The van der Waals surface area contributed by atoms with Gasteiger partial charge in [-0.15, -0.1) is 11.3 Å². The normalized spacial score (nSPS) is 15.4. The number of rotatable bonds is 2. The van der Waals surface area contributed by atoms with Gasteiger partial charge < -0.3 is 4.98 Å². The lowest BCUT2D eigenvalue weighted by atomic mass is 10.1. The van der Waals surface area contributed by atoms with E-state index in [1.54, 1.807) is 11.3 Å². The van der Waals surface area contributed by atoms with Gasteiger partial charge in [-0.2, -0.15) is 0 Å². The quantitative estimate of drug-likeness (QED) is 0.828. The smallest absolute Gasteiger partial charge is 0.256 e. The maximum atomic E-state index is 11.9. The lowest BCUT2D eigenvalue weighted by Gasteiger charge is -2.26. The first-order valence-electron chi connectivity index (χ1n) is 6.09. The Morgan fingerprint density at radius 1 is 1.53 bits per heavy atom. The monoisotopic (exact) mass is 294 g/mol. The fourth-order valence-corrected chi connectivity index (χ4v) is 3.34. The Bertz CT molecular complexity index is 715. The highest BCUT2D eigenvalue weighted by molar-refractivity contribution is 7.71. The Hall–Kier alpha value is -1.31. The largest absolute Gasteiger partial charge is 0.335 e. The van der Waals surface area contributed by atoms with Gasteiger partial charge in [0.25, 0.3) is 5.56 Å². The van der Waals surface area contributed by atoms with Crippen molar-refractivity contribution in [3.63, 3.8) is 0 Å². The highest BCUT2D eigenvalue weighted by atomic mass is 32.1. The fourth-order valence-electron chi connectivity index (χ4n) is 2.31. The summed E-state index contributed by atoms with van der Waals surface area (Å²) in [6.07, 6.45) is 0.827. The summed E-state index contributed by atoms with van der Waals surface area (Å²) in [4.78, 5) is 24.3. The number of fused-ring (bicyclic) bond motifs is 1. The molecule has 0 saturated carbocycles. The van der Waals surface area contributed by atoms with Crippen LogP contribution in [0.1, 0.15) is 22.0 Å². The molecule has 0 fully saturated rings. The first-order valence-corrected chi connectivity index (χ1v) is 7.38. The number of H-pyrrole nitrogens is 2. The van der Waals surface area contributed by atoms with E-state index >= 15 is 0 Å². The molecule has 3 heterocycles. The zero-order valence-electron chi connectivity index (χ0n) is 10.5. The lowest BCUT2D eigenvalue weighted by Crippen LogP contribution is -2.35. The molecule has 0 spiro atoms. The van der Waals surface area contributed by atoms with Crippen LogP contribution in [0.15, 0.2) is 10.2 Å². The molecule has 0 saturated heterocycles. The third kappa shape index (κ3) is 2.68. The highest BCUT2D eigenvalue weighted by Gasteiger charge is 2.20. The van der Waals surface area contributed by atoms with Gasteiger partial charge >= 0.3 is 0 Å². The number of aromatic nitrogens is 3. The van der Waals surface area contributed by atoms with Crippen LogP contribution in [0.3, 0.4) is 0 Å². The summed E-state index contributed by atoms with van der Waals surface area (Å²) in [6.45, 7) is 4.36. The van der Waals surface area contributed by atoms with Crippen LogP contribution >= 0.6 is 23.6 Å². The van der Waals surface area contributed by atoms with E-state index in [0.29, 0.717) is 11.3 Å². The molecule has 1 aliphatic rings. The molecule has 0 unspecified atom stereocenters. The molecule has 2 aromatic rings. The minimum absolute atomic E-state index is 0.0706. The van der Waals surface area contributed by atoms with Crippen molar-refractivity contribution in [3.05, 3.63) is 42.5 Å². The minimum Gasteiger partial charge on any atom is -0.335 e. The van der Waals surface area contributed by atoms with E-state index in [0.717, 1.165) is 41.5 Å². The molecule has 5 nitrogen and oxygen atoms in total. The maximum Gasteiger partial charge on any atom is 0.256 e. The van der Waals surface area contributed by atoms with Crippen LogP contribution < -0.4 is 5.56 Å². The molecular formula is C12H14N4OS2. The van der Waals surface area contributed by atoms with Crippen LogP contribution in [0.2, 0.25) is 0 Å². The van der Waals surface area contributed by atoms with Gasteiger partial charge in [0.15, 0.2) is 4.77 Å². The van der Waals surface area contributed by atoms with Gasteiger partial charge in [0, 0.05) is 36.3 Å². The number of aryl methyl sites for hydroxylation is 1. The number of thiazole rings is 1. The Balaban J connectivity index is 1.82. The molecule has 2 aromatic heterocycles. The Labute approximate surface area is 119 Å². The van der Waals surface area contributed by atoms with Gasteiger partial charge in [-0.1, -0.05) is 0 Å². The topological polar surface area (TPSA) is 64.8 Å². The molecule has 0 bridgehead atoms. The first-order chi connectivity index (χ1) is 9.11. The summed E-state index contributed by atoms with van der Waals surface area (Å²) in [5.74, 6) is 0. The molecule has 7 heteroatoms. The summed E-state index contributed by atoms with van der Waals surface area (Å²) >= 11 is 6.66. The Morgan fingerprint density at radius 3 is 3.11 bits per heavy atom. The summed E-state index contributed by atoms with van der Waals surface area (Å²) in [5, 5.41) is 3.15. The molecule has 0 aromatic carbocycles. The predicted octanol–water partition coefficient (Wildman–Crippen LogP) is 1.76. The minimum atomic E-state index is -0.0706. The van der Waals surface area contributed by atoms with Gasteiger partial charge in [-0.25, -0.2) is 4.98 Å². The number of hydrogen-bond donors (Lipinski definition) is 2. The predicted molar refractivity (Wildman–Crippen MR) is 76.9 cm³/mol. The van der Waals surface area contributed by atoms with Crippen LogP contribution in [0.25, 0.3) is 0 Å². The van der Waals surface area contributed by atoms with Gasteiger partial charge in [0.2, 0.25) is 0 Å². The van der Waals surface area contributed by atoms with Crippen molar-refractivity contribution >= 4 is 23.6 Å². The SMILES string of the molecule is Cc1csc(CN2CCc3[nH]c(=S)[nH]c(=O)c3C2)n1. The van der Waals surface area contributed by atoms with E-state index in [1.165, 1.54) is 0 Å². The molecule has 19 heavy (non-hydrogen) atoms. The van der Waals surface area contributed by atoms with Crippen LogP contribution in [-0.4, -0.2) is 26.4 Å². The van der Waals surface area contributed by atoms with Gasteiger partial charge in [0.05, 0.1) is 12.1 Å².